The maximum absolute atomic E-state index is 11.8. The molecule has 1 aromatic carbocycles. The van der Waals surface area contributed by atoms with E-state index in [-0.39, 0.29) is 5.91 Å². The molecule has 0 aromatic heterocycles. The Morgan fingerprint density at radius 1 is 1.53 bits per heavy atom. The molecule has 102 valence electrons. The van der Waals surface area contributed by atoms with E-state index in [1.807, 2.05) is 6.07 Å². The Kier molecular flexibility index (Phi) is 6.34. The largest absolute Gasteiger partial charge is 0.330 e. The highest BCUT2D eigenvalue weighted by atomic mass is 35.5. The zero-order valence-electron chi connectivity index (χ0n) is 10.9. The van der Waals surface area contributed by atoms with Crippen molar-refractivity contribution in [1.29, 1.82) is 5.26 Å². The molecule has 0 radical (unpaired) electrons. The van der Waals surface area contributed by atoms with Gasteiger partial charge in [-0.25, -0.2) is 0 Å². The number of benzene rings is 1. The van der Waals surface area contributed by atoms with Crippen LogP contribution in [0.3, 0.4) is 0 Å². The molecule has 19 heavy (non-hydrogen) atoms. The van der Waals surface area contributed by atoms with E-state index in [2.05, 4.69) is 12.2 Å². The fraction of sp³-hybridized carbons (Fsp3) is 0.429. The van der Waals surface area contributed by atoms with Crippen LogP contribution in [0.15, 0.2) is 18.2 Å². The van der Waals surface area contributed by atoms with Gasteiger partial charge in [-0.15, -0.1) is 0 Å². The minimum absolute atomic E-state index is 0.109. The SMILES string of the molecule is CC(CCN)CCC(=O)Nc1cc(Cl)ccc1C#N. The first kappa shape index (κ1) is 15.5. The van der Waals surface area contributed by atoms with E-state index in [0.717, 1.165) is 12.8 Å². The van der Waals surface area contributed by atoms with Gasteiger partial charge in [0.2, 0.25) is 5.91 Å². The number of hydrogen-bond donors (Lipinski definition) is 2. The Hall–Kier alpha value is -1.57. The molecule has 1 aromatic rings. The highest BCUT2D eigenvalue weighted by molar-refractivity contribution is 6.31. The van der Waals surface area contributed by atoms with Crippen LogP contribution in [-0.4, -0.2) is 12.5 Å². The van der Waals surface area contributed by atoms with Crippen LogP contribution in [0.4, 0.5) is 5.69 Å². The minimum Gasteiger partial charge on any atom is -0.330 e. The van der Waals surface area contributed by atoms with Crippen LogP contribution in [0.2, 0.25) is 5.02 Å². The smallest absolute Gasteiger partial charge is 0.224 e. The number of hydrogen-bond acceptors (Lipinski definition) is 3. The molecular formula is C14H18ClN3O. The normalized spacial score (nSPS) is 11.7. The summed E-state index contributed by atoms with van der Waals surface area (Å²) in [5.74, 6) is 0.313. The standard InChI is InChI=1S/C14H18ClN3O/c1-10(6-7-16)2-5-14(19)18-13-8-12(15)4-3-11(13)9-17/h3-4,8,10H,2,5-7,16H2,1H3,(H,18,19). The third-order valence-corrected chi connectivity index (χ3v) is 3.13. The van der Waals surface area contributed by atoms with Crippen LogP contribution >= 0.6 is 11.6 Å². The molecule has 1 amide bonds. The molecule has 0 bridgehead atoms. The van der Waals surface area contributed by atoms with Crippen LogP contribution in [0.5, 0.6) is 0 Å². The summed E-state index contributed by atoms with van der Waals surface area (Å²) in [6.07, 6.45) is 2.11. The fourth-order valence-electron chi connectivity index (χ4n) is 1.74. The zero-order chi connectivity index (χ0) is 14.3. The first-order chi connectivity index (χ1) is 9.06. The summed E-state index contributed by atoms with van der Waals surface area (Å²) >= 11 is 5.85. The molecule has 4 nitrogen and oxygen atoms in total. The summed E-state index contributed by atoms with van der Waals surface area (Å²) in [6.45, 7) is 2.70. The number of nitriles is 1. The van der Waals surface area contributed by atoms with Gasteiger partial charge in [-0.3, -0.25) is 4.79 Å². The van der Waals surface area contributed by atoms with Gasteiger partial charge in [0.25, 0.3) is 0 Å². The van der Waals surface area contributed by atoms with Gasteiger partial charge in [-0.05, 0) is 43.5 Å². The summed E-state index contributed by atoms with van der Waals surface area (Å²) in [7, 11) is 0. The second kappa shape index (κ2) is 7.78. The van der Waals surface area contributed by atoms with Crippen molar-refractivity contribution in [1.82, 2.24) is 0 Å². The molecule has 0 fully saturated rings. The van der Waals surface area contributed by atoms with Crippen LogP contribution in [0.25, 0.3) is 0 Å². The van der Waals surface area contributed by atoms with E-state index >= 15 is 0 Å². The van der Waals surface area contributed by atoms with Gasteiger partial charge in [0.05, 0.1) is 11.3 Å². The number of amides is 1. The number of carbonyl (C=O) groups excluding carboxylic acids is 1. The summed E-state index contributed by atoms with van der Waals surface area (Å²) in [5, 5.41) is 12.2. The molecule has 0 aliphatic carbocycles. The molecule has 0 saturated carbocycles. The summed E-state index contributed by atoms with van der Waals surface area (Å²) in [4.78, 5) is 11.8. The van der Waals surface area contributed by atoms with Gasteiger partial charge in [-0.1, -0.05) is 18.5 Å². The van der Waals surface area contributed by atoms with E-state index in [1.54, 1.807) is 18.2 Å². The highest BCUT2D eigenvalue weighted by Gasteiger charge is 2.09. The van der Waals surface area contributed by atoms with Crippen molar-refractivity contribution in [2.45, 2.75) is 26.2 Å². The van der Waals surface area contributed by atoms with Crippen LogP contribution in [0, 0.1) is 17.2 Å². The Morgan fingerprint density at radius 2 is 2.26 bits per heavy atom. The molecule has 0 spiro atoms. The lowest BCUT2D eigenvalue weighted by Crippen LogP contribution is -2.14. The van der Waals surface area contributed by atoms with Crippen LogP contribution in [0.1, 0.15) is 31.7 Å². The monoisotopic (exact) mass is 279 g/mol. The minimum atomic E-state index is -0.109. The Labute approximate surface area is 118 Å². The van der Waals surface area contributed by atoms with E-state index in [1.165, 1.54) is 0 Å². The molecule has 0 aliphatic rings. The quantitative estimate of drug-likeness (QED) is 0.840. The van der Waals surface area contributed by atoms with E-state index in [4.69, 9.17) is 22.6 Å². The highest BCUT2D eigenvalue weighted by Crippen LogP contribution is 2.21. The first-order valence-electron chi connectivity index (χ1n) is 6.26. The Morgan fingerprint density at radius 3 is 2.89 bits per heavy atom. The van der Waals surface area contributed by atoms with Crippen molar-refractivity contribution in [3.05, 3.63) is 28.8 Å². The Balaban J connectivity index is 2.57. The first-order valence-corrected chi connectivity index (χ1v) is 6.64. The lowest BCUT2D eigenvalue weighted by atomic mass is 10.0. The number of anilines is 1. The average Bonchev–Trinajstić information content (AvgIpc) is 2.37. The van der Waals surface area contributed by atoms with Crippen molar-refractivity contribution in [3.8, 4) is 6.07 Å². The van der Waals surface area contributed by atoms with Gasteiger partial charge < -0.3 is 11.1 Å². The molecule has 0 heterocycles. The average molecular weight is 280 g/mol. The van der Waals surface area contributed by atoms with Gasteiger partial charge in [0, 0.05) is 11.4 Å². The number of carbonyl (C=O) groups is 1. The van der Waals surface area contributed by atoms with Gasteiger partial charge in [0.15, 0.2) is 0 Å². The predicted molar refractivity (Wildman–Crippen MR) is 76.9 cm³/mol. The third-order valence-electron chi connectivity index (χ3n) is 2.90. The van der Waals surface area contributed by atoms with Crippen molar-refractivity contribution in [3.63, 3.8) is 0 Å². The molecule has 1 rings (SSSR count). The molecule has 5 heteroatoms. The number of halogens is 1. The maximum atomic E-state index is 11.8. The molecule has 0 aliphatic heterocycles. The van der Waals surface area contributed by atoms with E-state index in [0.29, 0.717) is 35.2 Å². The third kappa shape index (κ3) is 5.29. The maximum Gasteiger partial charge on any atom is 0.224 e. The van der Waals surface area contributed by atoms with Crippen molar-refractivity contribution < 1.29 is 4.79 Å². The van der Waals surface area contributed by atoms with Crippen molar-refractivity contribution in [2.24, 2.45) is 11.7 Å². The zero-order valence-corrected chi connectivity index (χ0v) is 11.7. The van der Waals surface area contributed by atoms with Gasteiger partial charge >= 0.3 is 0 Å². The molecular weight excluding hydrogens is 262 g/mol. The summed E-state index contributed by atoms with van der Waals surface area (Å²) in [5.41, 5.74) is 6.34. The number of nitrogens with zero attached hydrogens (tertiary/aromatic N) is 1. The molecule has 1 atom stereocenters. The fourth-order valence-corrected chi connectivity index (χ4v) is 1.91. The summed E-state index contributed by atoms with van der Waals surface area (Å²) < 4.78 is 0. The number of rotatable bonds is 6. The second-order valence-corrected chi connectivity index (χ2v) is 5.01. The molecule has 1 unspecified atom stereocenters. The number of nitrogens with one attached hydrogen (secondary N) is 1. The molecule has 3 N–H and O–H groups in total. The molecule has 0 saturated heterocycles. The van der Waals surface area contributed by atoms with Crippen LogP contribution in [-0.2, 0) is 4.79 Å². The number of nitrogens with two attached hydrogens (primary N) is 1. The van der Waals surface area contributed by atoms with E-state index in [9.17, 15) is 4.79 Å². The lowest BCUT2D eigenvalue weighted by Gasteiger charge is -2.10. The summed E-state index contributed by atoms with van der Waals surface area (Å²) in [6, 6.07) is 6.82. The predicted octanol–water partition coefficient (Wildman–Crippen LogP) is 2.92. The Bertz CT molecular complexity index is 482. The van der Waals surface area contributed by atoms with Crippen molar-refractivity contribution in [2.75, 3.05) is 11.9 Å². The van der Waals surface area contributed by atoms with Gasteiger partial charge in [-0.2, -0.15) is 5.26 Å². The van der Waals surface area contributed by atoms with E-state index < -0.39 is 0 Å². The van der Waals surface area contributed by atoms with Crippen LogP contribution < -0.4 is 11.1 Å². The van der Waals surface area contributed by atoms with Crippen molar-refractivity contribution >= 4 is 23.2 Å². The topological polar surface area (TPSA) is 78.9 Å². The second-order valence-electron chi connectivity index (χ2n) is 4.57. The van der Waals surface area contributed by atoms with Gasteiger partial charge in [0.1, 0.15) is 6.07 Å². The lowest BCUT2D eigenvalue weighted by molar-refractivity contribution is -0.116.